The fraction of sp³-hybridized carbons (Fsp3) is 0.267. The first kappa shape index (κ1) is 17.0. The zero-order valence-electron chi connectivity index (χ0n) is 12.7. The van der Waals surface area contributed by atoms with Gasteiger partial charge in [-0.3, -0.25) is 4.98 Å². The van der Waals surface area contributed by atoms with Crippen molar-refractivity contribution in [2.24, 2.45) is 0 Å². The van der Waals surface area contributed by atoms with Crippen LogP contribution in [0.4, 0.5) is 0 Å². The molecule has 0 radical (unpaired) electrons. The number of rotatable bonds is 7. The highest BCUT2D eigenvalue weighted by Gasteiger charge is 2.28. The van der Waals surface area contributed by atoms with Gasteiger partial charge in [0.25, 0.3) is 0 Å². The number of sulfonamides is 2. The maximum Gasteiger partial charge on any atom is 0.240 e. The predicted molar refractivity (Wildman–Crippen MR) is 88.0 cm³/mol. The summed E-state index contributed by atoms with van der Waals surface area (Å²) < 4.78 is 53.7. The third-order valence-electron chi connectivity index (χ3n) is 3.56. The number of pyridine rings is 1. The molecule has 1 aliphatic rings. The zero-order valence-corrected chi connectivity index (χ0v) is 14.3. The van der Waals surface area contributed by atoms with Crippen molar-refractivity contribution in [3.8, 4) is 0 Å². The lowest BCUT2D eigenvalue weighted by atomic mass is 10.3. The van der Waals surface area contributed by atoms with Gasteiger partial charge in [0, 0.05) is 25.0 Å². The van der Waals surface area contributed by atoms with Gasteiger partial charge < -0.3 is 0 Å². The largest absolute Gasteiger partial charge is 0.265 e. The standard InChI is InChI=1S/C15H17N3O4S2/c19-23(20,17-11-12-7-9-16-10-8-12)14-3-5-15(6-4-14)24(21,22)18-13-1-2-13/h3-10,13,17-18H,1-2,11H2. The Morgan fingerprint density at radius 3 is 1.96 bits per heavy atom. The Labute approximate surface area is 141 Å². The van der Waals surface area contributed by atoms with Gasteiger partial charge in [0.2, 0.25) is 20.0 Å². The molecule has 0 unspecified atom stereocenters. The summed E-state index contributed by atoms with van der Waals surface area (Å²) in [6, 6.07) is 8.59. The Bertz CT molecular complexity index is 907. The maximum atomic E-state index is 12.3. The summed E-state index contributed by atoms with van der Waals surface area (Å²) in [5.41, 5.74) is 0.779. The van der Waals surface area contributed by atoms with E-state index in [1.807, 2.05) is 0 Å². The topological polar surface area (TPSA) is 105 Å². The van der Waals surface area contributed by atoms with Crippen LogP contribution in [-0.4, -0.2) is 27.9 Å². The van der Waals surface area contributed by atoms with E-state index in [-0.39, 0.29) is 22.4 Å². The predicted octanol–water partition coefficient (Wildman–Crippen LogP) is 1.00. The third-order valence-corrected chi connectivity index (χ3v) is 6.51. The number of hydrogen-bond donors (Lipinski definition) is 2. The normalized spacial score (nSPS) is 15.3. The van der Waals surface area contributed by atoms with Crippen molar-refractivity contribution in [3.05, 3.63) is 54.4 Å². The van der Waals surface area contributed by atoms with E-state index in [2.05, 4.69) is 14.4 Å². The average molecular weight is 367 g/mol. The molecule has 2 aromatic rings. The maximum absolute atomic E-state index is 12.3. The van der Waals surface area contributed by atoms with Gasteiger partial charge in [0.05, 0.1) is 9.79 Å². The molecule has 3 rings (SSSR count). The Kier molecular flexibility index (Phi) is 4.68. The second kappa shape index (κ2) is 6.60. The molecule has 0 spiro atoms. The summed E-state index contributed by atoms with van der Waals surface area (Å²) in [5, 5.41) is 0. The van der Waals surface area contributed by atoms with E-state index in [0.29, 0.717) is 0 Å². The van der Waals surface area contributed by atoms with Crippen molar-refractivity contribution in [2.75, 3.05) is 0 Å². The molecule has 0 saturated heterocycles. The minimum atomic E-state index is -3.72. The van der Waals surface area contributed by atoms with Gasteiger partial charge in [-0.15, -0.1) is 0 Å². The first-order chi connectivity index (χ1) is 11.4. The van der Waals surface area contributed by atoms with E-state index >= 15 is 0 Å². The number of nitrogens with one attached hydrogen (secondary N) is 2. The van der Waals surface area contributed by atoms with E-state index in [1.165, 1.54) is 24.3 Å². The van der Waals surface area contributed by atoms with Crippen molar-refractivity contribution in [3.63, 3.8) is 0 Å². The Balaban J connectivity index is 1.72. The second-order valence-corrected chi connectivity index (χ2v) is 9.03. The van der Waals surface area contributed by atoms with Crippen molar-refractivity contribution in [2.45, 2.75) is 35.2 Å². The van der Waals surface area contributed by atoms with Crippen molar-refractivity contribution in [1.29, 1.82) is 0 Å². The minimum absolute atomic E-state index is 0.000406. The van der Waals surface area contributed by atoms with Crippen LogP contribution in [0.15, 0.2) is 58.6 Å². The highest BCUT2D eigenvalue weighted by atomic mass is 32.2. The van der Waals surface area contributed by atoms with Gasteiger partial charge >= 0.3 is 0 Å². The van der Waals surface area contributed by atoms with Crippen LogP contribution in [0, 0.1) is 0 Å². The molecule has 24 heavy (non-hydrogen) atoms. The minimum Gasteiger partial charge on any atom is -0.265 e. The molecule has 1 aromatic heterocycles. The number of hydrogen-bond acceptors (Lipinski definition) is 5. The van der Waals surface area contributed by atoms with Crippen molar-refractivity contribution >= 4 is 20.0 Å². The number of nitrogens with zero attached hydrogens (tertiary/aromatic N) is 1. The van der Waals surface area contributed by atoms with E-state index < -0.39 is 20.0 Å². The van der Waals surface area contributed by atoms with Gasteiger partial charge in [0.1, 0.15) is 0 Å². The van der Waals surface area contributed by atoms with Crippen LogP contribution >= 0.6 is 0 Å². The van der Waals surface area contributed by atoms with E-state index in [1.54, 1.807) is 24.5 Å². The first-order valence-electron chi connectivity index (χ1n) is 7.38. The first-order valence-corrected chi connectivity index (χ1v) is 10.3. The van der Waals surface area contributed by atoms with Crippen molar-refractivity contribution in [1.82, 2.24) is 14.4 Å². The van der Waals surface area contributed by atoms with E-state index in [4.69, 9.17) is 0 Å². The van der Waals surface area contributed by atoms with Crippen LogP contribution in [0.25, 0.3) is 0 Å². The smallest absolute Gasteiger partial charge is 0.240 e. The van der Waals surface area contributed by atoms with Crippen molar-refractivity contribution < 1.29 is 16.8 Å². The molecule has 0 bridgehead atoms. The molecular formula is C15H17N3O4S2. The van der Waals surface area contributed by atoms with Crippen LogP contribution < -0.4 is 9.44 Å². The molecule has 128 valence electrons. The molecule has 7 nitrogen and oxygen atoms in total. The number of benzene rings is 1. The Hall–Kier alpha value is -1.81. The van der Waals surface area contributed by atoms with Crippen LogP contribution in [0.1, 0.15) is 18.4 Å². The quantitative estimate of drug-likeness (QED) is 0.760. The molecule has 0 aliphatic heterocycles. The van der Waals surface area contributed by atoms with Gasteiger partial charge in [-0.05, 0) is 54.8 Å². The van der Waals surface area contributed by atoms with Gasteiger partial charge in [0.15, 0.2) is 0 Å². The Morgan fingerprint density at radius 2 is 1.42 bits per heavy atom. The summed E-state index contributed by atoms with van der Waals surface area (Å²) in [5.74, 6) is 0. The lowest BCUT2D eigenvalue weighted by molar-refractivity contribution is 0.577. The van der Waals surface area contributed by atoms with Gasteiger partial charge in [-0.1, -0.05) is 0 Å². The van der Waals surface area contributed by atoms with E-state index in [0.717, 1.165) is 18.4 Å². The monoisotopic (exact) mass is 367 g/mol. The fourth-order valence-corrected chi connectivity index (χ4v) is 4.37. The summed E-state index contributed by atoms with van der Waals surface area (Å²) in [6.07, 6.45) is 4.83. The van der Waals surface area contributed by atoms with Gasteiger partial charge in [-0.2, -0.15) is 0 Å². The Morgan fingerprint density at radius 1 is 0.875 bits per heavy atom. The molecular weight excluding hydrogens is 350 g/mol. The molecule has 1 aliphatic carbocycles. The molecule has 1 saturated carbocycles. The summed E-state index contributed by atoms with van der Waals surface area (Å²) in [4.78, 5) is 3.94. The number of aromatic nitrogens is 1. The highest BCUT2D eigenvalue weighted by Crippen LogP contribution is 2.22. The third kappa shape index (κ3) is 4.18. The summed E-state index contributed by atoms with van der Waals surface area (Å²) in [7, 11) is -7.30. The average Bonchev–Trinajstić information content (AvgIpc) is 3.37. The fourth-order valence-electron chi connectivity index (χ4n) is 2.05. The summed E-state index contributed by atoms with van der Waals surface area (Å²) in [6.45, 7) is 0.133. The SMILES string of the molecule is O=S(=O)(NCc1ccncc1)c1ccc(S(=O)(=O)NC2CC2)cc1. The summed E-state index contributed by atoms with van der Waals surface area (Å²) >= 11 is 0. The molecule has 0 amide bonds. The zero-order chi connectivity index (χ0) is 17.2. The van der Waals surface area contributed by atoms with Crippen LogP contribution in [0.5, 0.6) is 0 Å². The lowest BCUT2D eigenvalue weighted by Gasteiger charge is -2.09. The van der Waals surface area contributed by atoms with Gasteiger partial charge in [-0.25, -0.2) is 26.3 Å². The van der Waals surface area contributed by atoms with Crippen LogP contribution in [0.3, 0.4) is 0 Å². The van der Waals surface area contributed by atoms with E-state index in [9.17, 15) is 16.8 Å². The molecule has 2 N–H and O–H groups in total. The van der Waals surface area contributed by atoms with Crippen LogP contribution in [0.2, 0.25) is 0 Å². The lowest BCUT2D eigenvalue weighted by Crippen LogP contribution is -2.26. The highest BCUT2D eigenvalue weighted by molar-refractivity contribution is 7.90. The molecule has 1 heterocycles. The molecule has 1 fully saturated rings. The molecule has 0 atom stereocenters. The molecule has 1 aromatic carbocycles. The van der Waals surface area contributed by atoms with Crippen LogP contribution in [-0.2, 0) is 26.6 Å². The second-order valence-electron chi connectivity index (χ2n) is 5.55. The molecule has 9 heteroatoms.